The number of carbonyl (C=O) groups excluding carboxylic acids is 1. The van der Waals surface area contributed by atoms with E-state index in [2.05, 4.69) is 48.4 Å². The first kappa shape index (κ1) is 21.1. The number of rotatable bonds is 8. The number of anilines is 4. The van der Waals surface area contributed by atoms with Gasteiger partial charge in [0.25, 0.3) is 5.91 Å². The summed E-state index contributed by atoms with van der Waals surface area (Å²) in [7, 11) is 0. The van der Waals surface area contributed by atoms with Crippen LogP contribution in [-0.4, -0.2) is 40.1 Å². The van der Waals surface area contributed by atoms with Crippen LogP contribution < -0.4 is 26.0 Å². The van der Waals surface area contributed by atoms with Gasteiger partial charge in [0.1, 0.15) is 23.3 Å². The minimum Gasteiger partial charge on any atom is -0.474 e. The molecule has 4 N–H and O–H groups in total. The molecule has 1 amide bonds. The zero-order chi connectivity index (χ0) is 22.6. The summed E-state index contributed by atoms with van der Waals surface area (Å²) >= 11 is 0. The Kier molecular flexibility index (Phi) is 6.03. The Hall–Kier alpha value is -3.72. The SMILES string of the molecule is CCNC(=O)c1cnc(Nc2ccc3c(c2)CCNC3)nc1Nc1cccc(OC2CC2)n1. The van der Waals surface area contributed by atoms with E-state index in [1.807, 2.05) is 31.2 Å². The van der Waals surface area contributed by atoms with Gasteiger partial charge in [-0.2, -0.15) is 9.97 Å². The largest absolute Gasteiger partial charge is 0.474 e. The molecule has 3 aromatic rings. The van der Waals surface area contributed by atoms with E-state index in [9.17, 15) is 4.79 Å². The van der Waals surface area contributed by atoms with Gasteiger partial charge in [-0.3, -0.25) is 4.79 Å². The van der Waals surface area contributed by atoms with Gasteiger partial charge in [0.2, 0.25) is 11.8 Å². The van der Waals surface area contributed by atoms with Crippen LogP contribution in [0.2, 0.25) is 0 Å². The van der Waals surface area contributed by atoms with E-state index in [1.165, 1.54) is 17.3 Å². The Morgan fingerprint density at radius 3 is 2.91 bits per heavy atom. The number of pyridine rings is 1. The van der Waals surface area contributed by atoms with Crippen molar-refractivity contribution in [2.75, 3.05) is 23.7 Å². The number of hydrogen-bond acceptors (Lipinski definition) is 8. The van der Waals surface area contributed by atoms with Crippen molar-refractivity contribution in [3.05, 3.63) is 59.3 Å². The molecule has 1 fully saturated rings. The molecule has 2 aromatic heterocycles. The Bertz CT molecular complexity index is 1160. The van der Waals surface area contributed by atoms with Gasteiger partial charge in [0.05, 0.1) is 0 Å². The maximum absolute atomic E-state index is 12.6. The first-order valence-corrected chi connectivity index (χ1v) is 11.3. The van der Waals surface area contributed by atoms with Crippen molar-refractivity contribution in [3.63, 3.8) is 0 Å². The van der Waals surface area contributed by atoms with Crippen molar-refractivity contribution in [2.24, 2.45) is 0 Å². The van der Waals surface area contributed by atoms with Crippen LogP contribution in [0.4, 0.5) is 23.3 Å². The second-order valence-corrected chi connectivity index (χ2v) is 8.15. The van der Waals surface area contributed by atoms with Crippen LogP contribution in [0.1, 0.15) is 41.3 Å². The molecule has 0 bridgehead atoms. The van der Waals surface area contributed by atoms with E-state index in [-0.39, 0.29) is 12.0 Å². The predicted molar refractivity (Wildman–Crippen MR) is 126 cm³/mol. The molecule has 1 aromatic carbocycles. The van der Waals surface area contributed by atoms with E-state index in [0.717, 1.165) is 38.0 Å². The Morgan fingerprint density at radius 2 is 2.06 bits per heavy atom. The molecule has 0 saturated heterocycles. The van der Waals surface area contributed by atoms with Crippen LogP contribution in [0.15, 0.2) is 42.6 Å². The predicted octanol–water partition coefficient (Wildman–Crippen LogP) is 3.30. The molecule has 0 radical (unpaired) electrons. The van der Waals surface area contributed by atoms with Gasteiger partial charge in [-0.15, -0.1) is 0 Å². The van der Waals surface area contributed by atoms with Crippen LogP contribution in [0.5, 0.6) is 5.88 Å². The standard InChI is InChI=1S/C24H27N7O2/c1-2-26-23(32)19-14-27-24(28-17-7-6-16-13-25-11-10-15(16)12-17)31-22(19)30-20-4-3-5-21(29-20)33-18-8-9-18/h3-7,12,14,18,25H,2,8-11,13H2,1H3,(H,26,32)(H2,27,28,29,30,31). The summed E-state index contributed by atoms with van der Waals surface area (Å²) in [4.78, 5) is 26.1. The first-order chi connectivity index (χ1) is 16.2. The third-order valence-electron chi connectivity index (χ3n) is 5.50. The zero-order valence-electron chi connectivity index (χ0n) is 18.5. The van der Waals surface area contributed by atoms with Crippen molar-refractivity contribution in [3.8, 4) is 5.88 Å². The molecule has 9 heteroatoms. The van der Waals surface area contributed by atoms with Gasteiger partial charge in [-0.05, 0) is 62.1 Å². The first-order valence-electron chi connectivity index (χ1n) is 11.3. The lowest BCUT2D eigenvalue weighted by Gasteiger charge is -2.18. The minimum atomic E-state index is -0.252. The number of amides is 1. The summed E-state index contributed by atoms with van der Waals surface area (Å²) in [6, 6.07) is 11.8. The average Bonchev–Trinajstić information content (AvgIpc) is 3.63. The summed E-state index contributed by atoms with van der Waals surface area (Å²) in [5, 5.41) is 12.6. The molecule has 2 aliphatic rings. The summed E-state index contributed by atoms with van der Waals surface area (Å²) in [6.45, 7) is 4.23. The number of fused-ring (bicyclic) bond motifs is 1. The van der Waals surface area contributed by atoms with Crippen LogP contribution in [-0.2, 0) is 13.0 Å². The quantitative estimate of drug-likeness (QED) is 0.418. The second-order valence-electron chi connectivity index (χ2n) is 8.15. The maximum Gasteiger partial charge on any atom is 0.256 e. The fraction of sp³-hybridized carbons (Fsp3) is 0.333. The van der Waals surface area contributed by atoms with Crippen molar-refractivity contribution in [1.82, 2.24) is 25.6 Å². The topological polar surface area (TPSA) is 113 Å². The van der Waals surface area contributed by atoms with Crippen molar-refractivity contribution in [2.45, 2.75) is 38.8 Å². The lowest BCUT2D eigenvalue weighted by atomic mass is 10.0. The Labute approximate surface area is 192 Å². The van der Waals surface area contributed by atoms with Crippen LogP contribution in [0.3, 0.4) is 0 Å². The second kappa shape index (κ2) is 9.41. The molecular formula is C24H27N7O2. The minimum absolute atomic E-state index is 0.251. The molecule has 3 heterocycles. The summed E-state index contributed by atoms with van der Waals surface area (Å²) in [5.41, 5.74) is 3.87. The highest BCUT2D eigenvalue weighted by molar-refractivity contribution is 5.99. The van der Waals surface area contributed by atoms with Crippen LogP contribution in [0, 0.1) is 0 Å². The van der Waals surface area contributed by atoms with Gasteiger partial charge in [-0.25, -0.2) is 4.98 Å². The molecule has 0 spiro atoms. The van der Waals surface area contributed by atoms with Gasteiger partial charge >= 0.3 is 0 Å². The number of nitrogens with one attached hydrogen (secondary N) is 4. The van der Waals surface area contributed by atoms with E-state index in [4.69, 9.17) is 4.74 Å². The van der Waals surface area contributed by atoms with Gasteiger partial charge < -0.3 is 26.0 Å². The fourth-order valence-corrected chi connectivity index (χ4v) is 3.67. The Morgan fingerprint density at radius 1 is 1.15 bits per heavy atom. The molecule has 33 heavy (non-hydrogen) atoms. The van der Waals surface area contributed by atoms with E-state index < -0.39 is 0 Å². The third-order valence-corrected chi connectivity index (χ3v) is 5.50. The van der Waals surface area contributed by atoms with Gasteiger partial charge in [0, 0.05) is 31.0 Å². The lowest BCUT2D eigenvalue weighted by Crippen LogP contribution is -2.24. The molecule has 1 saturated carbocycles. The maximum atomic E-state index is 12.6. The molecular weight excluding hydrogens is 418 g/mol. The normalized spacial score (nSPS) is 14.8. The smallest absolute Gasteiger partial charge is 0.256 e. The van der Waals surface area contributed by atoms with Gasteiger partial charge in [-0.1, -0.05) is 12.1 Å². The molecule has 170 valence electrons. The highest BCUT2D eigenvalue weighted by atomic mass is 16.5. The van der Waals surface area contributed by atoms with Crippen LogP contribution >= 0.6 is 0 Å². The number of benzene rings is 1. The highest BCUT2D eigenvalue weighted by Gasteiger charge is 2.24. The monoisotopic (exact) mass is 445 g/mol. The Balaban J connectivity index is 1.41. The molecule has 9 nitrogen and oxygen atoms in total. The van der Waals surface area contributed by atoms with E-state index in [1.54, 1.807) is 0 Å². The lowest BCUT2D eigenvalue weighted by molar-refractivity contribution is 0.0956. The number of hydrogen-bond donors (Lipinski definition) is 4. The van der Waals surface area contributed by atoms with Crippen LogP contribution in [0.25, 0.3) is 0 Å². The van der Waals surface area contributed by atoms with Crippen molar-refractivity contribution >= 4 is 29.2 Å². The fourth-order valence-electron chi connectivity index (χ4n) is 3.67. The highest BCUT2D eigenvalue weighted by Crippen LogP contribution is 2.27. The molecule has 1 aliphatic carbocycles. The average molecular weight is 446 g/mol. The summed E-state index contributed by atoms with van der Waals surface area (Å²) < 4.78 is 5.79. The zero-order valence-corrected chi connectivity index (χ0v) is 18.5. The molecule has 0 unspecified atom stereocenters. The van der Waals surface area contributed by atoms with Crippen molar-refractivity contribution < 1.29 is 9.53 Å². The number of carbonyl (C=O) groups is 1. The summed E-state index contributed by atoms with van der Waals surface area (Å²) in [5.74, 6) is 1.61. The molecule has 5 rings (SSSR count). The van der Waals surface area contributed by atoms with Crippen molar-refractivity contribution in [1.29, 1.82) is 0 Å². The van der Waals surface area contributed by atoms with Gasteiger partial charge in [0.15, 0.2) is 0 Å². The van der Waals surface area contributed by atoms with E-state index >= 15 is 0 Å². The third kappa shape index (κ3) is 5.20. The number of ether oxygens (including phenoxy) is 1. The molecule has 0 atom stereocenters. The number of aromatic nitrogens is 3. The summed E-state index contributed by atoms with van der Waals surface area (Å²) in [6.07, 6.45) is 4.87. The molecule has 1 aliphatic heterocycles. The van der Waals surface area contributed by atoms with E-state index in [0.29, 0.717) is 35.6 Å². The number of nitrogens with zero attached hydrogens (tertiary/aromatic N) is 3.